The maximum Gasteiger partial charge on any atom is 0.0563 e. The zero-order valence-electron chi connectivity index (χ0n) is 6.59. The Bertz CT molecular complexity index is 123. The Morgan fingerprint density at radius 3 is 2.80 bits per heavy atom. The molecule has 0 spiro atoms. The summed E-state index contributed by atoms with van der Waals surface area (Å²) in [7, 11) is 0. The van der Waals surface area contributed by atoms with Gasteiger partial charge in [-0.15, -0.1) is 6.58 Å². The van der Waals surface area contributed by atoms with Gasteiger partial charge >= 0.3 is 0 Å². The van der Waals surface area contributed by atoms with E-state index in [0.29, 0.717) is 0 Å². The molecule has 10 heavy (non-hydrogen) atoms. The zero-order chi connectivity index (χ0) is 7.66. The highest BCUT2D eigenvalue weighted by Crippen LogP contribution is 1.86. The van der Waals surface area contributed by atoms with Crippen molar-refractivity contribution in [1.29, 1.82) is 0 Å². The molecule has 0 unspecified atom stereocenters. The van der Waals surface area contributed by atoms with Crippen LogP contribution >= 0.6 is 0 Å². The van der Waals surface area contributed by atoms with Gasteiger partial charge in [0.15, 0.2) is 0 Å². The molecule has 1 nitrogen and oxygen atoms in total. The first-order chi connectivity index (χ1) is 4.91. The third kappa shape index (κ3) is 7.15. The molecule has 0 heterocycles. The van der Waals surface area contributed by atoms with Gasteiger partial charge in [0.05, 0.1) is 6.54 Å². The average Bonchev–Trinajstić information content (AvgIpc) is 1.97. The van der Waals surface area contributed by atoms with Crippen molar-refractivity contribution in [2.75, 3.05) is 6.54 Å². The Labute approximate surface area is 63.2 Å². The topological polar surface area (TPSA) is 12.4 Å². The Kier molecular flexibility index (Phi) is 7.46. The largest absolute Gasteiger partial charge is 0.293 e. The maximum atomic E-state index is 4.08. The minimum atomic E-state index is 0.746. The fourth-order valence-corrected chi connectivity index (χ4v) is 0.578. The van der Waals surface area contributed by atoms with E-state index in [0.717, 1.165) is 19.4 Å². The van der Waals surface area contributed by atoms with Crippen LogP contribution in [0.25, 0.3) is 0 Å². The summed E-state index contributed by atoms with van der Waals surface area (Å²) < 4.78 is 0. The molecule has 0 rings (SSSR count). The molecule has 0 bridgehead atoms. The van der Waals surface area contributed by atoms with Crippen molar-refractivity contribution >= 4 is 6.21 Å². The molecule has 56 valence electrons. The third-order valence-electron chi connectivity index (χ3n) is 1.06. The highest BCUT2D eigenvalue weighted by atomic mass is 14.7. The summed E-state index contributed by atoms with van der Waals surface area (Å²) in [4.78, 5) is 4.08. The van der Waals surface area contributed by atoms with Crippen LogP contribution in [0.2, 0.25) is 0 Å². The standard InChI is InChI=1S/C9H15N/c1-3-5-6-7-9-10-8-4-2/h3-5,9H,2,6-8H2,1H3. The molecule has 0 saturated carbocycles. The van der Waals surface area contributed by atoms with Gasteiger partial charge in [0.25, 0.3) is 0 Å². The van der Waals surface area contributed by atoms with Crippen molar-refractivity contribution in [2.24, 2.45) is 4.99 Å². The lowest BCUT2D eigenvalue weighted by molar-refractivity contribution is 1.10. The van der Waals surface area contributed by atoms with Crippen LogP contribution in [0.1, 0.15) is 19.8 Å². The number of aliphatic imine (C=N–C) groups is 1. The van der Waals surface area contributed by atoms with E-state index < -0.39 is 0 Å². The summed E-state index contributed by atoms with van der Waals surface area (Å²) >= 11 is 0. The Morgan fingerprint density at radius 2 is 2.20 bits per heavy atom. The molecule has 0 fully saturated rings. The second-order valence-electron chi connectivity index (χ2n) is 1.98. The van der Waals surface area contributed by atoms with E-state index in [1.165, 1.54) is 0 Å². The molecule has 0 atom stereocenters. The minimum absolute atomic E-state index is 0.746. The van der Waals surface area contributed by atoms with E-state index in [1.54, 1.807) is 6.08 Å². The van der Waals surface area contributed by atoms with Crippen molar-refractivity contribution in [3.8, 4) is 0 Å². The van der Waals surface area contributed by atoms with Gasteiger partial charge in [-0.1, -0.05) is 18.2 Å². The maximum absolute atomic E-state index is 4.08. The number of rotatable bonds is 5. The molecule has 0 amide bonds. The molecule has 0 N–H and O–H groups in total. The second kappa shape index (κ2) is 8.15. The molecule has 0 aliphatic rings. The number of unbranched alkanes of at least 4 members (excludes halogenated alkanes) is 1. The Balaban J connectivity index is 3.09. The van der Waals surface area contributed by atoms with Gasteiger partial charge in [-0.3, -0.25) is 4.99 Å². The first kappa shape index (κ1) is 9.15. The van der Waals surface area contributed by atoms with Crippen LogP contribution in [0.4, 0.5) is 0 Å². The summed E-state index contributed by atoms with van der Waals surface area (Å²) in [5.41, 5.74) is 0. The molecule has 0 aromatic carbocycles. The van der Waals surface area contributed by atoms with Crippen molar-refractivity contribution in [2.45, 2.75) is 19.8 Å². The Hall–Kier alpha value is -0.850. The summed E-state index contributed by atoms with van der Waals surface area (Å²) in [6.07, 6.45) is 10.1. The van der Waals surface area contributed by atoms with E-state index in [1.807, 2.05) is 13.1 Å². The predicted octanol–water partition coefficient (Wildman–Crippen LogP) is 2.60. The summed E-state index contributed by atoms with van der Waals surface area (Å²) in [6, 6.07) is 0. The van der Waals surface area contributed by atoms with E-state index in [2.05, 4.69) is 23.7 Å². The lowest BCUT2D eigenvalue weighted by Gasteiger charge is -1.84. The van der Waals surface area contributed by atoms with Crippen LogP contribution in [0.3, 0.4) is 0 Å². The number of hydrogen-bond acceptors (Lipinski definition) is 1. The normalized spacial score (nSPS) is 11.3. The van der Waals surface area contributed by atoms with Gasteiger partial charge in [0, 0.05) is 0 Å². The van der Waals surface area contributed by atoms with E-state index in [4.69, 9.17) is 0 Å². The van der Waals surface area contributed by atoms with Crippen LogP contribution in [0, 0.1) is 0 Å². The van der Waals surface area contributed by atoms with Crippen LogP contribution in [-0.4, -0.2) is 12.8 Å². The van der Waals surface area contributed by atoms with Crippen molar-refractivity contribution in [3.05, 3.63) is 24.8 Å². The van der Waals surface area contributed by atoms with Crippen molar-refractivity contribution in [3.63, 3.8) is 0 Å². The molecule has 0 aromatic rings. The fourth-order valence-electron chi connectivity index (χ4n) is 0.578. The first-order valence-electron chi connectivity index (χ1n) is 3.62. The second-order valence-corrected chi connectivity index (χ2v) is 1.98. The van der Waals surface area contributed by atoms with Crippen molar-refractivity contribution in [1.82, 2.24) is 0 Å². The van der Waals surface area contributed by atoms with Gasteiger partial charge in [-0.2, -0.15) is 0 Å². The van der Waals surface area contributed by atoms with E-state index in [9.17, 15) is 0 Å². The molecular formula is C9H15N. The molecule has 0 aliphatic heterocycles. The lowest BCUT2D eigenvalue weighted by Crippen LogP contribution is -1.75. The monoisotopic (exact) mass is 137 g/mol. The smallest absolute Gasteiger partial charge is 0.0563 e. The van der Waals surface area contributed by atoms with Gasteiger partial charge < -0.3 is 0 Å². The summed E-state index contributed by atoms with van der Waals surface area (Å²) in [6.45, 7) is 6.34. The number of hydrogen-bond donors (Lipinski definition) is 0. The van der Waals surface area contributed by atoms with Crippen LogP contribution in [-0.2, 0) is 0 Å². The molecule has 0 saturated heterocycles. The SMILES string of the molecule is C=CCN=CCCC=CC. The first-order valence-corrected chi connectivity index (χ1v) is 3.62. The van der Waals surface area contributed by atoms with Crippen LogP contribution < -0.4 is 0 Å². The highest BCUT2D eigenvalue weighted by molar-refractivity contribution is 5.57. The number of nitrogens with zero attached hydrogens (tertiary/aromatic N) is 1. The molecule has 0 radical (unpaired) electrons. The number of allylic oxidation sites excluding steroid dienone is 2. The summed E-state index contributed by atoms with van der Waals surface area (Å²) in [5, 5.41) is 0. The van der Waals surface area contributed by atoms with E-state index in [-0.39, 0.29) is 0 Å². The van der Waals surface area contributed by atoms with Crippen molar-refractivity contribution < 1.29 is 0 Å². The third-order valence-corrected chi connectivity index (χ3v) is 1.06. The highest BCUT2D eigenvalue weighted by Gasteiger charge is 1.74. The van der Waals surface area contributed by atoms with Crippen LogP contribution in [0.15, 0.2) is 29.8 Å². The minimum Gasteiger partial charge on any atom is -0.293 e. The van der Waals surface area contributed by atoms with Gasteiger partial charge in [-0.05, 0) is 26.0 Å². The van der Waals surface area contributed by atoms with Crippen LogP contribution in [0.5, 0.6) is 0 Å². The Morgan fingerprint density at radius 1 is 1.40 bits per heavy atom. The van der Waals surface area contributed by atoms with Gasteiger partial charge in [0.1, 0.15) is 0 Å². The molecule has 0 aliphatic carbocycles. The fraction of sp³-hybridized carbons (Fsp3) is 0.444. The molecule has 0 aromatic heterocycles. The molecular weight excluding hydrogens is 122 g/mol. The molecule has 1 heteroatoms. The van der Waals surface area contributed by atoms with Gasteiger partial charge in [0.2, 0.25) is 0 Å². The zero-order valence-corrected chi connectivity index (χ0v) is 6.59. The lowest BCUT2D eigenvalue weighted by atomic mass is 10.3. The summed E-state index contributed by atoms with van der Waals surface area (Å²) in [5.74, 6) is 0. The average molecular weight is 137 g/mol. The quantitative estimate of drug-likeness (QED) is 0.314. The van der Waals surface area contributed by atoms with E-state index >= 15 is 0 Å². The predicted molar refractivity (Wildman–Crippen MR) is 47.6 cm³/mol. The van der Waals surface area contributed by atoms with Gasteiger partial charge in [-0.25, -0.2) is 0 Å².